The second-order valence-corrected chi connectivity index (χ2v) is 19.7. The fourth-order valence-corrected chi connectivity index (χ4v) is 11.3. The molecule has 11 aromatic rings. The Morgan fingerprint density at radius 2 is 0.730 bits per heavy atom. The molecule has 63 heavy (non-hydrogen) atoms. The quantitative estimate of drug-likeness (QED) is 0.156. The summed E-state index contributed by atoms with van der Waals surface area (Å²) >= 11 is 0. The van der Waals surface area contributed by atoms with E-state index in [0.29, 0.717) is 0 Å². The molecule has 0 aromatic heterocycles. The molecule has 0 radical (unpaired) electrons. The molecule has 0 aliphatic heterocycles. The highest BCUT2D eigenvalue weighted by atomic mass is 14.4. The normalized spacial score (nSPS) is 13.6. The lowest BCUT2D eigenvalue weighted by molar-refractivity contribution is 0.591. The van der Waals surface area contributed by atoms with Gasteiger partial charge in [-0.05, 0) is 155 Å². The zero-order chi connectivity index (χ0) is 42.4. The van der Waals surface area contributed by atoms with E-state index >= 15 is 0 Å². The molecule has 0 nitrogen and oxygen atoms in total. The summed E-state index contributed by atoms with van der Waals surface area (Å²) in [6.07, 6.45) is 0. The predicted octanol–water partition coefficient (Wildman–Crippen LogP) is 17.7. The third-order valence-electron chi connectivity index (χ3n) is 14.7. The summed E-state index contributed by atoms with van der Waals surface area (Å²) in [4.78, 5) is 0. The van der Waals surface area contributed by atoms with E-state index in [1.54, 1.807) is 0 Å². The van der Waals surface area contributed by atoms with Crippen molar-refractivity contribution in [3.8, 4) is 77.9 Å². The van der Waals surface area contributed by atoms with Gasteiger partial charge in [0.2, 0.25) is 0 Å². The van der Waals surface area contributed by atoms with Crippen molar-refractivity contribution in [2.45, 2.75) is 45.4 Å². The smallest absolute Gasteiger partial charge is 0.0159 e. The van der Waals surface area contributed by atoms with Crippen LogP contribution >= 0.6 is 0 Å². The van der Waals surface area contributed by atoms with E-state index in [2.05, 4.69) is 223 Å². The predicted molar refractivity (Wildman–Crippen MR) is 270 cm³/mol. The Balaban J connectivity index is 0.799. The minimum atomic E-state index is -0.131. The summed E-state index contributed by atoms with van der Waals surface area (Å²) in [5.74, 6) is 0. The molecule has 0 amide bonds. The van der Waals surface area contributed by atoms with Crippen LogP contribution in [0.2, 0.25) is 0 Å². The number of hydrogen-bond donors (Lipinski definition) is 0. The second kappa shape index (κ2) is 12.9. The van der Waals surface area contributed by atoms with Gasteiger partial charge >= 0.3 is 0 Å². The van der Waals surface area contributed by atoms with Gasteiger partial charge in [-0.25, -0.2) is 0 Å². The van der Waals surface area contributed by atoms with Gasteiger partial charge in [-0.15, -0.1) is 0 Å². The fourth-order valence-electron chi connectivity index (χ4n) is 11.3. The maximum Gasteiger partial charge on any atom is 0.0159 e. The molecule has 0 bridgehead atoms. The fraction of sp³-hybridized carbons (Fsp3) is 0.111. The maximum atomic E-state index is 2.44. The summed E-state index contributed by atoms with van der Waals surface area (Å²) in [5.41, 5.74) is 22.2. The Kier molecular flexibility index (Phi) is 7.44. The van der Waals surface area contributed by atoms with Crippen LogP contribution in [-0.4, -0.2) is 0 Å². The SMILES string of the molecule is CC(C)(C)c1cc2ccc3ccc(-c4ccc(-c5ccc6c(c5)C(C)(C)c5cc(-c7ccc(-c8ccc9c%10c(cccc8%10)-c8ccccc8-9)cc7)ccc5-6)cc4)c4ccc(c1)c2c34. The first-order chi connectivity index (χ1) is 30.6. The highest BCUT2D eigenvalue weighted by Crippen LogP contribution is 2.52. The number of hydrogen-bond acceptors (Lipinski definition) is 0. The van der Waals surface area contributed by atoms with E-state index < -0.39 is 0 Å². The van der Waals surface area contributed by atoms with Crippen LogP contribution in [0.3, 0.4) is 0 Å². The van der Waals surface area contributed by atoms with Gasteiger partial charge in [-0.2, -0.15) is 0 Å². The number of rotatable bonds is 4. The lowest BCUT2D eigenvalue weighted by atomic mass is 9.80. The Hall–Kier alpha value is -7.28. The van der Waals surface area contributed by atoms with Crippen molar-refractivity contribution in [3.63, 3.8) is 0 Å². The van der Waals surface area contributed by atoms with E-state index in [1.807, 2.05) is 0 Å². The highest BCUT2D eigenvalue weighted by molar-refractivity contribution is 6.26. The van der Waals surface area contributed by atoms with Crippen LogP contribution in [0.1, 0.15) is 51.3 Å². The molecule has 0 saturated carbocycles. The lowest BCUT2D eigenvalue weighted by Gasteiger charge is -2.23. The number of fused-ring (bicyclic) bond motifs is 6. The van der Waals surface area contributed by atoms with Gasteiger partial charge in [0.25, 0.3) is 0 Å². The van der Waals surface area contributed by atoms with E-state index in [0.717, 1.165) is 0 Å². The summed E-state index contributed by atoms with van der Waals surface area (Å²) in [5, 5.41) is 10.7. The van der Waals surface area contributed by atoms with Gasteiger partial charge in [0.15, 0.2) is 0 Å². The van der Waals surface area contributed by atoms with E-state index in [4.69, 9.17) is 0 Å². The molecule has 13 rings (SSSR count). The van der Waals surface area contributed by atoms with Crippen LogP contribution in [0.5, 0.6) is 0 Å². The standard InChI is InChI=1S/C63H46/c1-62(2,3)46-33-44-22-21-41-23-27-47(55-30-26-45(34-46)59(44)60(41)55)39-17-13-37(14-18-39)42-24-28-51-52-29-25-43(36-58(52)63(4,5)57(51)35-42)38-15-19-40(20-16-38)48-31-32-56-50-10-7-6-9-49(50)54-12-8-11-53(48)61(54)56/h6-36H,1-5H3. The van der Waals surface area contributed by atoms with Crippen molar-refractivity contribution in [1.29, 1.82) is 0 Å². The molecule has 11 aromatic carbocycles. The van der Waals surface area contributed by atoms with Crippen molar-refractivity contribution in [1.82, 2.24) is 0 Å². The summed E-state index contributed by atoms with van der Waals surface area (Å²) in [6.45, 7) is 11.7. The third kappa shape index (κ3) is 5.28. The minimum Gasteiger partial charge on any atom is -0.0616 e. The van der Waals surface area contributed by atoms with Crippen LogP contribution < -0.4 is 0 Å². The molecule has 2 aliphatic carbocycles. The molecule has 0 unspecified atom stereocenters. The summed E-state index contributed by atoms with van der Waals surface area (Å²) < 4.78 is 0. The van der Waals surface area contributed by atoms with E-state index in [9.17, 15) is 0 Å². The Bertz CT molecular complexity index is 3650. The molecule has 298 valence electrons. The maximum absolute atomic E-state index is 2.44. The molecular formula is C63H46. The molecule has 0 N–H and O–H groups in total. The molecule has 0 heteroatoms. The Morgan fingerprint density at radius 1 is 0.302 bits per heavy atom. The number of benzene rings is 11. The van der Waals surface area contributed by atoms with Crippen molar-refractivity contribution in [3.05, 3.63) is 205 Å². The van der Waals surface area contributed by atoms with Crippen molar-refractivity contribution >= 4 is 43.1 Å². The average Bonchev–Trinajstić information content (AvgIpc) is 3.76. The first-order valence-corrected chi connectivity index (χ1v) is 22.5. The largest absolute Gasteiger partial charge is 0.0616 e. The van der Waals surface area contributed by atoms with Gasteiger partial charge < -0.3 is 0 Å². The zero-order valence-corrected chi connectivity index (χ0v) is 36.4. The van der Waals surface area contributed by atoms with Crippen LogP contribution in [-0.2, 0) is 10.8 Å². The molecule has 0 heterocycles. The van der Waals surface area contributed by atoms with Gasteiger partial charge in [0.05, 0.1) is 0 Å². The molecular weight excluding hydrogens is 757 g/mol. The van der Waals surface area contributed by atoms with Gasteiger partial charge in [0, 0.05) is 5.41 Å². The van der Waals surface area contributed by atoms with Gasteiger partial charge in [-0.3, -0.25) is 0 Å². The molecule has 0 fully saturated rings. The first-order valence-electron chi connectivity index (χ1n) is 22.5. The first kappa shape index (κ1) is 36.4. The van der Waals surface area contributed by atoms with Crippen LogP contribution in [0.15, 0.2) is 188 Å². The summed E-state index contributed by atoms with van der Waals surface area (Å²) in [7, 11) is 0. The van der Waals surface area contributed by atoms with E-state index in [1.165, 1.54) is 138 Å². The van der Waals surface area contributed by atoms with Gasteiger partial charge in [-0.1, -0.05) is 211 Å². The third-order valence-corrected chi connectivity index (χ3v) is 14.7. The molecule has 2 aliphatic rings. The molecule has 0 atom stereocenters. The molecule has 0 spiro atoms. The minimum absolute atomic E-state index is 0.100. The van der Waals surface area contributed by atoms with Gasteiger partial charge in [0.1, 0.15) is 0 Å². The van der Waals surface area contributed by atoms with Crippen molar-refractivity contribution in [2.24, 2.45) is 0 Å². The van der Waals surface area contributed by atoms with Crippen LogP contribution in [0.4, 0.5) is 0 Å². The topological polar surface area (TPSA) is 0 Å². The zero-order valence-electron chi connectivity index (χ0n) is 36.4. The Morgan fingerprint density at radius 3 is 1.32 bits per heavy atom. The van der Waals surface area contributed by atoms with Crippen LogP contribution in [0, 0.1) is 0 Å². The van der Waals surface area contributed by atoms with Crippen molar-refractivity contribution in [2.75, 3.05) is 0 Å². The summed E-state index contributed by atoms with van der Waals surface area (Å²) in [6, 6.07) is 71.5. The van der Waals surface area contributed by atoms with E-state index in [-0.39, 0.29) is 10.8 Å². The second-order valence-electron chi connectivity index (χ2n) is 19.7. The van der Waals surface area contributed by atoms with Crippen molar-refractivity contribution < 1.29 is 0 Å². The monoisotopic (exact) mass is 802 g/mol. The van der Waals surface area contributed by atoms with Crippen LogP contribution in [0.25, 0.3) is 121 Å². The lowest BCUT2D eigenvalue weighted by Crippen LogP contribution is -2.15. The highest BCUT2D eigenvalue weighted by Gasteiger charge is 2.36. The Labute approximate surface area is 369 Å². The average molecular weight is 803 g/mol. The molecule has 0 saturated heterocycles.